The highest BCUT2D eigenvalue weighted by molar-refractivity contribution is 5.46. The van der Waals surface area contributed by atoms with E-state index in [0.717, 1.165) is 43.9 Å². The molecule has 0 spiro atoms. The maximum absolute atomic E-state index is 13.4. The van der Waals surface area contributed by atoms with Crippen molar-refractivity contribution in [3.05, 3.63) is 29.8 Å². The van der Waals surface area contributed by atoms with Crippen molar-refractivity contribution in [1.82, 2.24) is 0 Å². The molecular formula is C13H14F2N2. The Kier molecular flexibility index (Phi) is 3.58. The number of hydrogen-bond donors (Lipinski definition) is 1. The van der Waals surface area contributed by atoms with Crippen LogP contribution in [0, 0.1) is 28.9 Å². The average molecular weight is 236 g/mol. The van der Waals surface area contributed by atoms with Crippen LogP contribution in [0.15, 0.2) is 18.2 Å². The predicted octanol–water partition coefficient (Wildman–Crippen LogP) is 3.46. The van der Waals surface area contributed by atoms with Gasteiger partial charge >= 0.3 is 0 Å². The molecule has 2 nitrogen and oxygen atoms in total. The molecule has 1 aromatic carbocycles. The fraction of sp³-hybridized carbons (Fsp3) is 0.462. The molecule has 4 heteroatoms. The van der Waals surface area contributed by atoms with E-state index in [-0.39, 0.29) is 17.6 Å². The molecule has 2 rings (SSSR count). The molecule has 0 amide bonds. The Labute approximate surface area is 99.3 Å². The van der Waals surface area contributed by atoms with Crippen LogP contribution in [0.2, 0.25) is 0 Å². The second kappa shape index (κ2) is 5.13. The third kappa shape index (κ3) is 2.73. The van der Waals surface area contributed by atoms with Gasteiger partial charge in [0.1, 0.15) is 11.6 Å². The minimum absolute atomic E-state index is 0.0787. The van der Waals surface area contributed by atoms with Crippen molar-refractivity contribution in [3.63, 3.8) is 0 Å². The Morgan fingerprint density at radius 1 is 1.24 bits per heavy atom. The van der Waals surface area contributed by atoms with Gasteiger partial charge in [0, 0.05) is 6.04 Å². The van der Waals surface area contributed by atoms with Crippen LogP contribution in [-0.4, -0.2) is 6.04 Å². The van der Waals surface area contributed by atoms with E-state index in [0.29, 0.717) is 0 Å². The highest BCUT2D eigenvalue weighted by atomic mass is 19.1. The van der Waals surface area contributed by atoms with Crippen molar-refractivity contribution < 1.29 is 8.78 Å². The number of nitrogens with zero attached hydrogens (tertiary/aromatic N) is 1. The molecule has 0 saturated heterocycles. The number of rotatable bonds is 2. The zero-order valence-corrected chi connectivity index (χ0v) is 9.42. The summed E-state index contributed by atoms with van der Waals surface area (Å²) in [6, 6.07) is 5.47. The fourth-order valence-corrected chi connectivity index (χ4v) is 2.27. The molecule has 1 aliphatic carbocycles. The molecule has 1 fully saturated rings. The molecule has 90 valence electrons. The topological polar surface area (TPSA) is 35.8 Å². The molecule has 0 heterocycles. The van der Waals surface area contributed by atoms with Gasteiger partial charge in [0.2, 0.25) is 0 Å². The van der Waals surface area contributed by atoms with Crippen molar-refractivity contribution in [3.8, 4) is 6.07 Å². The van der Waals surface area contributed by atoms with E-state index in [9.17, 15) is 8.78 Å². The third-order valence-corrected chi connectivity index (χ3v) is 3.20. The predicted molar refractivity (Wildman–Crippen MR) is 61.3 cm³/mol. The molecular weight excluding hydrogens is 222 g/mol. The fourth-order valence-electron chi connectivity index (χ4n) is 2.27. The smallest absolute Gasteiger partial charge is 0.146 e. The van der Waals surface area contributed by atoms with Gasteiger partial charge in [0.25, 0.3) is 0 Å². The van der Waals surface area contributed by atoms with Crippen LogP contribution in [0.1, 0.15) is 25.7 Å². The van der Waals surface area contributed by atoms with E-state index in [4.69, 9.17) is 5.26 Å². The molecule has 2 unspecified atom stereocenters. The number of anilines is 1. The Balaban J connectivity index is 2.14. The molecule has 2 atom stereocenters. The van der Waals surface area contributed by atoms with Crippen LogP contribution < -0.4 is 5.32 Å². The first-order valence-electron chi connectivity index (χ1n) is 5.82. The summed E-state index contributed by atoms with van der Waals surface area (Å²) < 4.78 is 26.5. The summed E-state index contributed by atoms with van der Waals surface area (Å²) >= 11 is 0. The van der Waals surface area contributed by atoms with Crippen LogP contribution >= 0.6 is 0 Å². The number of nitrogens with one attached hydrogen (secondary N) is 1. The number of nitriles is 1. The zero-order valence-electron chi connectivity index (χ0n) is 9.42. The summed E-state index contributed by atoms with van der Waals surface area (Å²) in [5.74, 6) is -1.07. The lowest BCUT2D eigenvalue weighted by Crippen LogP contribution is -2.31. The standard InChI is InChI=1S/C13H14F2N2/c14-10-5-6-11(15)13(7-10)17-12-4-2-1-3-9(12)8-16/h5-7,9,12,17H,1-4H2. The molecule has 0 radical (unpaired) electrons. The highest BCUT2D eigenvalue weighted by Gasteiger charge is 2.25. The first kappa shape index (κ1) is 11.8. The van der Waals surface area contributed by atoms with Crippen molar-refractivity contribution in [1.29, 1.82) is 5.26 Å². The van der Waals surface area contributed by atoms with E-state index in [1.165, 1.54) is 0 Å². The summed E-state index contributed by atoms with van der Waals surface area (Å²) in [7, 11) is 0. The van der Waals surface area contributed by atoms with Gasteiger partial charge in [0.15, 0.2) is 0 Å². The van der Waals surface area contributed by atoms with Crippen LogP contribution in [0.25, 0.3) is 0 Å². The maximum atomic E-state index is 13.4. The molecule has 0 aliphatic heterocycles. The van der Waals surface area contributed by atoms with E-state index in [1.807, 2.05) is 0 Å². The summed E-state index contributed by atoms with van der Waals surface area (Å²) in [6.45, 7) is 0. The summed E-state index contributed by atoms with van der Waals surface area (Å²) in [5, 5.41) is 12.0. The third-order valence-electron chi connectivity index (χ3n) is 3.20. The maximum Gasteiger partial charge on any atom is 0.146 e. The minimum Gasteiger partial charge on any atom is -0.379 e. The van der Waals surface area contributed by atoms with Gasteiger partial charge in [-0.3, -0.25) is 0 Å². The average Bonchev–Trinajstić information content (AvgIpc) is 2.34. The van der Waals surface area contributed by atoms with E-state index < -0.39 is 11.6 Å². The Morgan fingerprint density at radius 3 is 2.76 bits per heavy atom. The summed E-state index contributed by atoms with van der Waals surface area (Å²) in [4.78, 5) is 0. The molecule has 0 bridgehead atoms. The Morgan fingerprint density at radius 2 is 2.00 bits per heavy atom. The van der Waals surface area contributed by atoms with Crippen LogP contribution in [0.5, 0.6) is 0 Å². The summed E-state index contributed by atoms with van der Waals surface area (Å²) in [6.07, 6.45) is 3.70. The molecule has 1 aliphatic rings. The van der Waals surface area contributed by atoms with Gasteiger partial charge in [-0.2, -0.15) is 5.26 Å². The van der Waals surface area contributed by atoms with Crippen molar-refractivity contribution in [2.45, 2.75) is 31.7 Å². The molecule has 17 heavy (non-hydrogen) atoms. The molecule has 0 aromatic heterocycles. The number of halogens is 2. The molecule has 1 N–H and O–H groups in total. The molecule has 1 saturated carbocycles. The lowest BCUT2D eigenvalue weighted by atomic mass is 9.85. The van der Waals surface area contributed by atoms with Crippen molar-refractivity contribution in [2.75, 3.05) is 5.32 Å². The van der Waals surface area contributed by atoms with Gasteiger partial charge in [-0.25, -0.2) is 8.78 Å². The van der Waals surface area contributed by atoms with Crippen LogP contribution in [0.4, 0.5) is 14.5 Å². The SMILES string of the molecule is N#CC1CCCCC1Nc1cc(F)ccc1F. The number of hydrogen-bond acceptors (Lipinski definition) is 2. The lowest BCUT2D eigenvalue weighted by molar-refractivity contribution is 0.387. The Bertz CT molecular complexity index is 440. The van der Waals surface area contributed by atoms with E-state index >= 15 is 0 Å². The monoisotopic (exact) mass is 236 g/mol. The molecule has 1 aromatic rings. The second-order valence-corrected chi connectivity index (χ2v) is 4.40. The van der Waals surface area contributed by atoms with Crippen LogP contribution in [-0.2, 0) is 0 Å². The normalized spacial score (nSPS) is 24.1. The lowest BCUT2D eigenvalue weighted by Gasteiger charge is -2.28. The van der Waals surface area contributed by atoms with Crippen LogP contribution in [0.3, 0.4) is 0 Å². The van der Waals surface area contributed by atoms with Gasteiger partial charge < -0.3 is 5.32 Å². The van der Waals surface area contributed by atoms with Crippen molar-refractivity contribution in [2.24, 2.45) is 5.92 Å². The van der Waals surface area contributed by atoms with Crippen molar-refractivity contribution >= 4 is 5.69 Å². The zero-order chi connectivity index (χ0) is 12.3. The van der Waals surface area contributed by atoms with Gasteiger partial charge in [-0.05, 0) is 31.0 Å². The minimum atomic E-state index is -0.478. The quantitative estimate of drug-likeness (QED) is 0.853. The second-order valence-electron chi connectivity index (χ2n) is 4.40. The first-order valence-corrected chi connectivity index (χ1v) is 5.82. The first-order chi connectivity index (χ1) is 8.20. The van der Waals surface area contributed by atoms with Gasteiger partial charge in [0.05, 0.1) is 17.7 Å². The van der Waals surface area contributed by atoms with E-state index in [1.54, 1.807) is 0 Å². The highest BCUT2D eigenvalue weighted by Crippen LogP contribution is 2.27. The van der Waals surface area contributed by atoms with E-state index in [2.05, 4.69) is 11.4 Å². The van der Waals surface area contributed by atoms with Gasteiger partial charge in [-0.15, -0.1) is 0 Å². The summed E-state index contributed by atoms with van der Waals surface area (Å²) in [5.41, 5.74) is 0.150. The Hall–Kier alpha value is -1.63. The largest absolute Gasteiger partial charge is 0.379 e. The van der Waals surface area contributed by atoms with Gasteiger partial charge in [-0.1, -0.05) is 12.8 Å². The number of benzene rings is 1.